The van der Waals surface area contributed by atoms with E-state index >= 15 is 0 Å². The Morgan fingerprint density at radius 1 is 1.24 bits per heavy atom. The molecule has 0 amide bonds. The lowest BCUT2D eigenvalue weighted by Crippen LogP contribution is -2.63. The van der Waals surface area contributed by atoms with Crippen LogP contribution < -0.4 is 5.32 Å². The van der Waals surface area contributed by atoms with Crippen LogP contribution in [0.25, 0.3) is 0 Å². The van der Waals surface area contributed by atoms with E-state index in [1.165, 1.54) is 13.1 Å². The highest BCUT2D eigenvalue weighted by atomic mass is 16.5. The zero-order chi connectivity index (χ0) is 12.3. The molecule has 1 atom stereocenters. The highest BCUT2D eigenvalue weighted by molar-refractivity contribution is 4.92. The third-order valence-electron chi connectivity index (χ3n) is 4.07. The van der Waals surface area contributed by atoms with Gasteiger partial charge in [-0.1, -0.05) is 0 Å². The van der Waals surface area contributed by atoms with Crippen molar-refractivity contribution in [3.63, 3.8) is 0 Å². The number of rotatable bonds is 3. The molecule has 0 spiro atoms. The maximum atomic E-state index is 5.39. The van der Waals surface area contributed by atoms with Gasteiger partial charge in [0.25, 0.3) is 0 Å². The van der Waals surface area contributed by atoms with E-state index in [1.807, 2.05) is 0 Å². The molecule has 2 aliphatic rings. The molecule has 0 bridgehead atoms. The molecule has 2 heterocycles. The van der Waals surface area contributed by atoms with Gasteiger partial charge in [0.1, 0.15) is 0 Å². The van der Waals surface area contributed by atoms with Crippen LogP contribution >= 0.6 is 0 Å². The Labute approximate surface area is 105 Å². The molecule has 100 valence electrons. The van der Waals surface area contributed by atoms with Crippen LogP contribution in [0.1, 0.15) is 20.8 Å². The van der Waals surface area contributed by atoms with Crippen molar-refractivity contribution in [1.29, 1.82) is 0 Å². The van der Waals surface area contributed by atoms with E-state index in [2.05, 4.69) is 35.9 Å². The first kappa shape index (κ1) is 13.3. The van der Waals surface area contributed by atoms with Gasteiger partial charge in [0.15, 0.2) is 0 Å². The minimum atomic E-state index is 0.282. The summed E-state index contributed by atoms with van der Waals surface area (Å²) in [4.78, 5) is 5.17. The van der Waals surface area contributed by atoms with E-state index in [0.717, 1.165) is 39.4 Å². The summed E-state index contributed by atoms with van der Waals surface area (Å²) in [6.07, 6.45) is 0. The topological polar surface area (TPSA) is 27.7 Å². The summed E-state index contributed by atoms with van der Waals surface area (Å²) >= 11 is 0. The molecule has 0 aromatic heterocycles. The summed E-state index contributed by atoms with van der Waals surface area (Å²) in [5.74, 6) is 0. The summed E-state index contributed by atoms with van der Waals surface area (Å²) in [5.41, 5.74) is 0.282. The number of ether oxygens (including phenoxy) is 1. The van der Waals surface area contributed by atoms with Gasteiger partial charge in [-0.2, -0.15) is 0 Å². The Morgan fingerprint density at radius 2 is 1.94 bits per heavy atom. The van der Waals surface area contributed by atoms with Crippen LogP contribution in [-0.4, -0.2) is 73.9 Å². The molecule has 0 aromatic carbocycles. The van der Waals surface area contributed by atoms with Crippen LogP contribution in [0.3, 0.4) is 0 Å². The minimum absolute atomic E-state index is 0.282. The van der Waals surface area contributed by atoms with Gasteiger partial charge in [-0.3, -0.25) is 9.80 Å². The average molecular weight is 241 g/mol. The third kappa shape index (κ3) is 3.41. The molecule has 0 saturated carbocycles. The summed E-state index contributed by atoms with van der Waals surface area (Å²) in [6, 6.07) is 0.639. The Morgan fingerprint density at radius 3 is 2.59 bits per heavy atom. The monoisotopic (exact) mass is 241 g/mol. The van der Waals surface area contributed by atoms with Crippen molar-refractivity contribution in [3.8, 4) is 0 Å². The van der Waals surface area contributed by atoms with Crippen LogP contribution in [0, 0.1) is 0 Å². The second-order valence-corrected chi connectivity index (χ2v) is 5.94. The van der Waals surface area contributed by atoms with E-state index in [-0.39, 0.29) is 5.54 Å². The molecule has 0 aliphatic carbocycles. The number of nitrogens with one attached hydrogen (secondary N) is 1. The molecule has 2 aliphatic heterocycles. The molecule has 1 N–H and O–H groups in total. The zero-order valence-electron chi connectivity index (χ0n) is 11.5. The van der Waals surface area contributed by atoms with Gasteiger partial charge in [-0.25, -0.2) is 0 Å². The lowest BCUT2D eigenvalue weighted by molar-refractivity contribution is 0.00720. The van der Waals surface area contributed by atoms with E-state index in [9.17, 15) is 0 Å². The van der Waals surface area contributed by atoms with Gasteiger partial charge in [0.2, 0.25) is 0 Å². The van der Waals surface area contributed by atoms with Crippen LogP contribution in [0.15, 0.2) is 0 Å². The van der Waals surface area contributed by atoms with E-state index in [1.54, 1.807) is 0 Å². The normalized spacial score (nSPS) is 31.6. The van der Waals surface area contributed by atoms with Crippen molar-refractivity contribution in [2.45, 2.75) is 32.4 Å². The molecule has 1 unspecified atom stereocenters. The standard InChI is InChI=1S/C13H27N3O/c1-12-10-14-11-13(2,3)16(12)5-4-15-6-8-17-9-7-15/h12,14H,4-11H2,1-3H3. The van der Waals surface area contributed by atoms with E-state index in [4.69, 9.17) is 4.74 Å². The first-order chi connectivity index (χ1) is 8.09. The van der Waals surface area contributed by atoms with Gasteiger partial charge >= 0.3 is 0 Å². The Kier molecular flexibility index (Phi) is 4.42. The number of piperazine rings is 1. The van der Waals surface area contributed by atoms with Gasteiger partial charge in [0, 0.05) is 50.8 Å². The lowest BCUT2D eigenvalue weighted by Gasteiger charge is -2.47. The molecular weight excluding hydrogens is 214 g/mol. The highest BCUT2D eigenvalue weighted by Gasteiger charge is 2.33. The summed E-state index contributed by atoms with van der Waals surface area (Å²) in [7, 11) is 0. The van der Waals surface area contributed by atoms with Gasteiger partial charge in [-0.05, 0) is 20.8 Å². The van der Waals surface area contributed by atoms with E-state index in [0.29, 0.717) is 6.04 Å². The van der Waals surface area contributed by atoms with Crippen molar-refractivity contribution in [3.05, 3.63) is 0 Å². The predicted octanol–water partition coefficient (Wildman–Crippen LogP) is 0.391. The molecule has 17 heavy (non-hydrogen) atoms. The Bertz CT molecular complexity index is 239. The first-order valence-corrected chi connectivity index (χ1v) is 6.87. The summed E-state index contributed by atoms with van der Waals surface area (Å²) in [5, 5.41) is 3.52. The second kappa shape index (κ2) is 5.65. The van der Waals surface area contributed by atoms with Crippen molar-refractivity contribution in [1.82, 2.24) is 15.1 Å². The number of nitrogens with zero attached hydrogens (tertiary/aromatic N) is 2. The van der Waals surface area contributed by atoms with Crippen molar-refractivity contribution < 1.29 is 4.74 Å². The maximum absolute atomic E-state index is 5.39. The summed E-state index contributed by atoms with van der Waals surface area (Å²) < 4.78 is 5.39. The molecule has 0 aromatic rings. The van der Waals surface area contributed by atoms with E-state index < -0.39 is 0 Å². The SMILES string of the molecule is CC1CNCC(C)(C)N1CCN1CCOCC1. The van der Waals surface area contributed by atoms with Crippen LogP contribution in [0.5, 0.6) is 0 Å². The second-order valence-electron chi connectivity index (χ2n) is 5.94. The fourth-order valence-corrected chi connectivity index (χ4v) is 2.99. The number of hydrogen-bond acceptors (Lipinski definition) is 4. The molecule has 4 heteroatoms. The molecule has 2 saturated heterocycles. The van der Waals surface area contributed by atoms with Crippen molar-refractivity contribution in [2.24, 2.45) is 0 Å². The van der Waals surface area contributed by atoms with Crippen molar-refractivity contribution in [2.75, 3.05) is 52.5 Å². The number of morpholine rings is 1. The van der Waals surface area contributed by atoms with Gasteiger partial charge in [-0.15, -0.1) is 0 Å². The third-order valence-corrected chi connectivity index (χ3v) is 4.07. The lowest BCUT2D eigenvalue weighted by atomic mass is 9.97. The predicted molar refractivity (Wildman–Crippen MR) is 70.4 cm³/mol. The first-order valence-electron chi connectivity index (χ1n) is 6.87. The Hall–Kier alpha value is -0.160. The molecular formula is C13H27N3O. The van der Waals surface area contributed by atoms with Crippen molar-refractivity contribution >= 4 is 0 Å². The largest absolute Gasteiger partial charge is 0.379 e. The minimum Gasteiger partial charge on any atom is -0.379 e. The van der Waals surface area contributed by atoms with Gasteiger partial charge in [0.05, 0.1) is 13.2 Å². The number of hydrogen-bond donors (Lipinski definition) is 1. The molecule has 2 fully saturated rings. The molecule has 2 rings (SSSR count). The highest BCUT2D eigenvalue weighted by Crippen LogP contribution is 2.20. The average Bonchev–Trinajstić information content (AvgIpc) is 2.29. The van der Waals surface area contributed by atoms with Crippen LogP contribution in [0.4, 0.5) is 0 Å². The van der Waals surface area contributed by atoms with Crippen LogP contribution in [0.2, 0.25) is 0 Å². The summed E-state index contributed by atoms with van der Waals surface area (Å²) in [6.45, 7) is 15.6. The Balaban J connectivity index is 1.83. The van der Waals surface area contributed by atoms with Gasteiger partial charge < -0.3 is 10.1 Å². The fourth-order valence-electron chi connectivity index (χ4n) is 2.99. The van der Waals surface area contributed by atoms with Crippen LogP contribution in [-0.2, 0) is 4.74 Å². The molecule has 0 radical (unpaired) electrons. The fraction of sp³-hybridized carbons (Fsp3) is 1.00. The zero-order valence-corrected chi connectivity index (χ0v) is 11.5. The maximum Gasteiger partial charge on any atom is 0.0594 e. The molecule has 4 nitrogen and oxygen atoms in total. The quantitative estimate of drug-likeness (QED) is 0.774. The smallest absolute Gasteiger partial charge is 0.0594 e.